The lowest BCUT2D eigenvalue weighted by atomic mass is 9.98. The molecule has 5 nitrogen and oxygen atoms in total. The van der Waals surface area contributed by atoms with Crippen molar-refractivity contribution < 1.29 is 4.39 Å². The van der Waals surface area contributed by atoms with Gasteiger partial charge in [-0.1, -0.05) is 12.1 Å². The van der Waals surface area contributed by atoms with E-state index in [4.69, 9.17) is 0 Å². The Morgan fingerprint density at radius 1 is 1.47 bits per heavy atom. The fourth-order valence-corrected chi connectivity index (χ4v) is 1.72. The van der Waals surface area contributed by atoms with Gasteiger partial charge >= 0.3 is 0 Å². The SMILES string of the molecule is CNCC(c1cccc(F)c1)c1nnn(C)n1. The Hall–Kier alpha value is -1.82. The monoisotopic (exact) mass is 235 g/mol. The van der Waals surface area contributed by atoms with Gasteiger partial charge in [-0.2, -0.15) is 4.80 Å². The van der Waals surface area contributed by atoms with Crippen molar-refractivity contribution in [2.24, 2.45) is 7.05 Å². The summed E-state index contributed by atoms with van der Waals surface area (Å²) in [4.78, 5) is 1.40. The van der Waals surface area contributed by atoms with Gasteiger partial charge < -0.3 is 5.32 Å². The summed E-state index contributed by atoms with van der Waals surface area (Å²) in [6.45, 7) is 0.634. The van der Waals surface area contributed by atoms with E-state index in [1.807, 2.05) is 13.1 Å². The molecule has 2 aromatic rings. The summed E-state index contributed by atoms with van der Waals surface area (Å²) in [5.41, 5.74) is 0.840. The van der Waals surface area contributed by atoms with Crippen LogP contribution in [0.25, 0.3) is 0 Å². The molecular formula is C11H14FN5. The molecule has 0 saturated heterocycles. The van der Waals surface area contributed by atoms with E-state index < -0.39 is 0 Å². The van der Waals surface area contributed by atoms with Gasteiger partial charge in [-0.25, -0.2) is 4.39 Å². The number of tetrazole rings is 1. The number of nitrogens with zero attached hydrogens (tertiary/aromatic N) is 4. The highest BCUT2D eigenvalue weighted by Crippen LogP contribution is 2.21. The standard InChI is InChI=1S/C11H14FN5/c1-13-7-10(11-14-16-17(2)15-11)8-4-3-5-9(12)6-8/h3-6,10,13H,7H2,1-2H3. The Labute approximate surface area is 98.6 Å². The number of hydrogen-bond donors (Lipinski definition) is 1. The molecule has 0 radical (unpaired) electrons. The maximum atomic E-state index is 13.2. The number of nitrogens with one attached hydrogen (secondary N) is 1. The molecule has 0 fully saturated rings. The number of aromatic nitrogens is 4. The van der Waals surface area contributed by atoms with Crippen LogP contribution in [0.4, 0.5) is 4.39 Å². The lowest BCUT2D eigenvalue weighted by Gasteiger charge is -2.12. The van der Waals surface area contributed by atoms with Crippen molar-refractivity contribution in [2.45, 2.75) is 5.92 Å². The molecule has 1 aromatic carbocycles. The average Bonchev–Trinajstić information content (AvgIpc) is 2.72. The summed E-state index contributed by atoms with van der Waals surface area (Å²) in [6, 6.07) is 6.47. The van der Waals surface area contributed by atoms with E-state index in [9.17, 15) is 4.39 Å². The van der Waals surface area contributed by atoms with Gasteiger partial charge in [-0.05, 0) is 30.0 Å². The van der Waals surface area contributed by atoms with Crippen LogP contribution in [0.3, 0.4) is 0 Å². The molecule has 1 N–H and O–H groups in total. The zero-order chi connectivity index (χ0) is 12.3. The van der Waals surface area contributed by atoms with E-state index >= 15 is 0 Å². The second-order valence-corrected chi connectivity index (χ2v) is 3.80. The highest BCUT2D eigenvalue weighted by molar-refractivity contribution is 5.26. The Morgan fingerprint density at radius 3 is 2.88 bits per heavy atom. The van der Waals surface area contributed by atoms with E-state index in [1.54, 1.807) is 13.1 Å². The molecule has 6 heteroatoms. The molecule has 1 heterocycles. The van der Waals surface area contributed by atoms with E-state index in [1.165, 1.54) is 16.9 Å². The van der Waals surface area contributed by atoms with Gasteiger partial charge in [-0.3, -0.25) is 0 Å². The molecular weight excluding hydrogens is 221 g/mol. The van der Waals surface area contributed by atoms with Gasteiger partial charge in [0.15, 0.2) is 5.82 Å². The predicted octanol–water partition coefficient (Wildman–Crippen LogP) is 0.700. The summed E-state index contributed by atoms with van der Waals surface area (Å²) in [7, 11) is 3.54. The largest absolute Gasteiger partial charge is 0.319 e. The summed E-state index contributed by atoms with van der Waals surface area (Å²) in [5.74, 6) is 0.240. The van der Waals surface area contributed by atoms with Crippen molar-refractivity contribution >= 4 is 0 Å². The molecule has 90 valence electrons. The first-order valence-corrected chi connectivity index (χ1v) is 5.34. The highest BCUT2D eigenvalue weighted by Gasteiger charge is 2.18. The minimum Gasteiger partial charge on any atom is -0.319 e. The van der Waals surface area contributed by atoms with E-state index in [0.29, 0.717) is 12.4 Å². The minimum atomic E-state index is -0.257. The first kappa shape index (κ1) is 11.7. The maximum Gasteiger partial charge on any atom is 0.183 e. The van der Waals surface area contributed by atoms with Crippen LogP contribution in [0.5, 0.6) is 0 Å². The smallest absolute Gasteiger partial charge is 0.183 e. The molecule has 0 aliphatic heterocycles. The minimum absolute atomic E-state index is 0.0931. The fourth-order valence-electron chi connectivity index (χ4n) is 1.72. The number of hydrogen-bond acceptors (Lipinski definition) is 4. The van der Waals surface area contributed by atoms with Gasteiger partial charge in [-0.15, -0.1) is 10.2 Å². The molecule has 1 atom stereocenters. The third kappa shape index (κ3) is 2.65. The van der Waals surface area contributed by atoms with Gasteiger partial charge in [0.05, 0.1) is 13.0 Å². The summed E-state index contributed by atoms with van der Waals surface area (Å²) < 4.78 is 13.2. The van der Waals surface area contributed by atoms with Gasteiger partial charge in [0, 0.05) is 6.54 Å². The number of halogens is 1. The topological polar surface area (TPSA) is 55.6 Å². The third-order valence-corrected chi connectivity index (χ3v) is 2.49. The van der Waals surface area contributed by atoms with E-state index in [2.05, 4.69) is 20.7 Å². The molecule has 1 unspecified atom stereocenters. The van der Waals surface area contributed by atoms with E-state index in [0.717, 1.165) is 5.56 Å². The second kappa shape index (κ2) is 5.01. The molecule has 0 aliphatic carbocycles. The molecule has 2 rings (SSSR count). The quantitative estimate of drug-likeness (QED) is 0.847. The summed E-state index contributed by atoms with van der Waals surface area (Å²) >= 11 is 0. The Morgan fingerprint density at radius 2 is 2.29 bits per heavy atom. The van der Waals surface area contributed by atoms with Crippen LogP contribution < -0.4 is 5.32 Å². The first-order valence-electron chi connectivity index (χ1n) is 5.34. The van der Waals surface area contributed by atoms with Crippen LogP contribution in [-0.4, -0.2) is 33.8 Å². The first-order chi connectivity index (χ1) is 8.20. The van der Waals surface area contributed by atoms with Crippen LogP contribution in [0.15, 0.2) is 24.3 Å². The van der Waals surface area contributed by atoms with Crippen molar-refractivity contribution in [2.75, 3.05) is 13.6 Å². The lowest BCUT2D eigenvalue weighted by Crippen LogP contribution is -2.19. The van der Waals surface area contributed by atoms with Gasteiger partial charge in [0.1, 0.15) is 5.82 Å². The average molecular weight is 235 g/mol. The molecule has 0 amide bonds. The van der Waals surface area contributed by atoms with Crippen molar-refractivity contribution in [3.05, 3.63) is 41.5 Å². The zero-order valence-corrected chi connectivity index (χ0v) is 9.76. The second-order valence-electron chi connectivity index (χ2n) is 3.80. The zero-order valence-electron chi connectivity index (χ0n) is 9.76. The molecule has 17 heavy (non-hydrogen) atoms. The molecule has 1 aromatic heterocycles. The van der Waals surface area contributed by atoms with Crippen molar-refractivity contribution in [1.82, 2.24) is 25.5 Å². The van der Waals surface area contributed by atoms with Crippen LogP contribution in [0, 0.1) is 5.82 Å². The van der Waals surface area contributed by atoms with Gasteiger partial charge in [0.2, 0.25) is 0 Å². The number of benzene rings is 1. The number of rotatable bonds is 4. The van der Waals surface area contributed by atoms with Gasteiger partial charge in [0.25, 0.3) is 0 Å². The van der Waals surface area contributed by atoms with Crippen LogP contribution in [0.1, 0.15) is 17.3 Å². The third-order valence-electron chi connectivity index (χ3n) is 2.49. The van der Waals surface area contributed by atoms with E-state index in [-0.39, 0.29) is 11.7 Å². The van der Waals surface area contributed by atoms with Crippen molar-refractivity contribution in [3.8, 4) is 0 Å². The molecule has 0 bridgehead atoms. The highest BCUT2D eigenvalue weighted by atomic mass is 19.1. The number of likely N-dealkylation sites (N-methyl/N-ethyl adjacent to an activating group) is 1. The van der Waals surface area contributed by atoms with Crippen molar-refractivity contribution in [1.29, 1.82) is 0 Å². The van der Waals surface area contributed by atoms with Crippen molar-refractivity contribution in [3.63, 3.8) is 0 Å². The Kier molecular flexibility index (Phi) is 3.43. The molecule has 0 aliphatic rings. The van der Waals surface area contributed by atoms with Crippen LogP contribution in [0.2, 0.25) is 0 Å². The maximum absolute atomic E-state index is 13.2. The number of aryl methyl sites for hydroxylation is 1. The Bertz CT molecular complexity index is 496. The normalized spacial score (nSPS) is 12.6. The summed E-state index contributed by atoms with van der Waals surface area (Å²) in [6.07, 6.45) is 0. The lowest BCUT2D eigenvalue weighted by molar-refractivity contribution is 0.610. The van der Waals surface area contributed by atoms with Crippen LogP contribution in [-0.2, 0) is 7.05 Å². The fraction of sp³-hybridized carbons (Fsp3) is 0.364. The molecule has 0 spiro atoms. The summed E-state index contributed by atoms with van der Waals surface area (Å²) in [5, 5.41) is 15.0. The van der Waals surface area contributed by atoms with Crippen LogP contribution >= 0.6 is 0 Å². The Balaban J connectivity index is 2.35. The molecule has 0 saturated carbocycles. The predicted molar refractivity (Wildman–Crippen MR) is 61.0 cm³/mol.